The second kappa shape index (κ2) is 15.9. The van der Waals surface area contributed by atoms with Crippen LogP contribution in [-0.4, -0.2) is 74.6 Å². The molecule has 0 spiro atoms. The molecular weight excluding hydrogens is 580 g/mol. The standard InChI is InChI=1S/C34H46N2O7S/c37-32(31(21-26-13-8-7-9-14-26)35-34(38)43-29-22-27-17-20-42-33(27)24-29)25-36-18-10-5-3-1-2-4-6-11-19-41-28-15-12-16-30(23-28)44(36,39)40/h1-2,7-9,12-16,23,27,29,31-33,37H,3-6,10-11,17-22,24-25H2,(H,35,38)/b2-1-/t27?,29-,31+,32-,33-/m1/s1. The maximum Gasteiger partial charge on any atom is 0.407 e. The van der Waals surface area contributed by atoms with Crippen LogP contribution in [0.1, 0.15) is 63.4 Å². The minimum atomic E-state index is -3.97. The van der Waals surface area contributed by atoms with Crippen LogP contribution >= 0.6 is 0 Å². The maximum atomic E-state index is 14.0. The summed E-state index contributed by atoms with van der Waals surface area (Å²) >= 11 is 0. The number of β-amino-alcohol motifs (C(OH)–C–C–N with tert-alkyl or cyclic N) is 1. The Morgan fingerprint density at radius 3 is 2.59 bits per heavy atom. The molecule has 2 bridgehead atoms. The fourth-order valence-corrected chi connectivity index (χ4v) is 7.89. The average molecular weight is 627 g/mol. The zero-order valence-electron chi connectivity index (χ0n) is 25.4. The molecule has 1 amide bonds. The number of rotatable bonds is 7. The molecule has 5 rings (SSSR count). The summed E-state index contributed by atoms with van der Waals surface area (Å²) in [6.45, 7) is 1.33. The summed E-state index contributed by atoms with van der Waals surface area (Å²) < 4.78 is 46.7. The smallest absolute Gasteiger partial charge is 0.407 e. The number of benzene rings is 2. The number of aliphatic hydroxyl groups is 1. The molecule has 9 nitrogen and oxygen atoms in total. The van der Waals surface area contributed by atoms with E-state index in [0.717, 1.165) is 57.1 Å². The number of aliphatic hydroxyl groups excluding tert-OH is 1. The van der Waals surface area contributed by atoms with Crippen molar-refractivity contribution in [3.63, 3.8) is 0 Å². The zero-order chi connectivity index (χ0) is 30.8. The fourth-order valence-electron chi connectivity index (χ4n) is 6.36. The van der Waals surface area contributed by atoms with E-state index in [1.165, 1.54) is 4.31 Å². The lowest BCUT2D eigenvalue weighted by molar-refractivity contribution is 0.0557. The van der Waals surface area contributed by atoms with E-state index in [9.17, 15) is 18.3 Å². The van der Waals surface area contributed by atoms with E-state index in [1.54, 1.807) is 24.3 Å². The van der Waals surface area contributed by atoms with Gasteiger partial charge in [0.05, 0.1) is 29.8 Å². The van der Waals surface area contributed by atoms with Gasteiger partial charge in [-0.25, -0.2) is 13.2 Å². The Bertz CT molecular complexity index is 1320. The molecule has 240 valence electrons. The number of nitrogens with one attached hydrogen (secondary N) is 1. The Kier molecular flexibility index (Phi) is 11.7. The van der Waals surface area contributed by atoms with Gasteiger partial charge in [0.15, 0.2) is 0 Å². The molecular formula is C34H46N2O7S. The van der Waals surface area contributed by atoms with E-state index in [1.807, 2.05) is 30.3 Å². The number of nitrogens with zero attached hydrogens (tertiary/aromatic N) is 1. The lowest BCUT2D eigenvalue weighted by Crippen LogP contribution is -2.51. The van der Waals surface area contributed by atoms with E-state index < -0.39 is 28.3 Å². The van der Waals surface area contributed by atoms with Crippen LogP contribution in [0.25, 0.3) is 0 Å². The van der Waals surface area contributed by atoms with Crippen molar-refractivity contribution < 1.29 is 32.5 Å². The third kappa shape index (κ3) is 9.06. The van der Waals surface area contributed by atoms with Crippen molar-refractivity contribution in [2.75, 3.05) is 26.3 Å². The first-order chi connectivity index (χ1) is 21.4. The number of alkyl carbamates (subject to hydrolysis) is 1. The highest BCUT2D eigenvalue weighted by atomic mass is 32.2. The quantitative estimate of drug-likeness (QED) is 0.405. The molecule has 2 heterocycles. The maximum absolute atomic E-state index is 14.0. The van der Waals surface area contributed by atoms with Gasteiger partial charge in [0.25, 0.3) is 0 Å². The monoisotopic (exact) mass is 626 g/mol. The van der Waals surface area contributed by atoms with Crippen LogP contribution in [0.5, 0.6) is 5.75 Å². The topological polar surface area (TPSA) is 114 Å². The van der Waals surface area contributed by atoms with Gasteiger partial charge in [-0.3, -0.25) is 0 Å². The Morgan fingerprint density at radius 2 is 1.80 bits per heavy atom. The molecule has 0 radical (unpaired) electrons. The van der Waals surface area contributed by atoms with Gasteiger partial charge in [0.1, 0.15) is 11.9 Å². The number of hydrogen-bond donors (Lipinski definition) is 2. The summed E-state index contributed by atoms with van der Waals surface area (Å²) in [6.07, 6.45) is 10.4. The van der Waals surface area contributed by atoms with Crippen molar-refractivity contribution in [2.45, 2.75) is 93.5 Å². The van der Waals surface area contributed by atoms with Gasteiger partial charge in [-0.15, -0.1) is 0 Å². The Morgan fingerprint density at radius 1 is 1.00 bits per heavy atom. The van der Waals surface area contributed by atoms with Crippen LogP contribution in [0.15, 0.2) is 71.6 Å². The van der Waals surface area contributed by atoms with Crippen LogP contribution in [0, 0.1) is 5.92 Å². The highest BCUT2D eigenvalue weighted by molar-refractivity contribution is 7.89. The number of allylic oxidation sites excluding steroid dienone is 2. The average Bonchev–Trinajstić information content (AvgIpc) is 3.61. The normalized spacial score (nSPS) is 26.5. The largest absolute Gasteiger partial charge is 0.494 e. The van der Waals surface area contributed by atoms with Gasteiger partial charge in [-0.1, -0.05) is 48.6 Å². The van der Waals surface area contributed by atoms with Gasteiger partial charge in [-0.05, 0) is 81.4 Å². The SMILES string of the molecule is O=C(N[C@@H](Cc1ccccc1)[C@H](O)CN1CCCC/C=C\CCCCOc2cccc(c2)S1(=O)=O)O[C@@H]1CC2CCO[C@@H]2C1. The fraction of sp³-hybridized carbons (Fsp3) is 0.559. The summed E-state index contributed by atoms with van der Waals surface area (Å²) in [7, 11) is -3.97. The van der Waals surface area contributed by atoms with Gasteiger partial charge in [0.2, 0.25) is 10.0 Å². The van der Waals surface area contributed by atoms with Crippen molar-refractivity contribution in [3.05, 3.63) is 72.3 Å². The van der Waals surface area contributed by atoms with E-state index in [-0.39, 0.29) is 30.2 Å². The lowest BCUT2D eigenvalue weighted by Gasteiger charge is -2.30. The molecule has 1 saturated heterocycles. The van der Waals surface area contributed by atoms with Crippen molar-refractivity contribution >= 4 is 16.1 Å². The number of carbonyl (C=O) groups excluding carboxylic acids is 1. The van der Waals surface area contributed by atoms with Crippen molar-refractivity contribution in [3.8, 4) is 5.75 Å². The summed E-state index contributed by atoms with van der Waals surface area (Å²) in [5.41, 5.74) is 0.910. The van der Waals surface area contributed by atoms with E-state index in [0.29, 0.717) is 37.5 Å². The molecule has 1 aliphatic carbocycles. The molecule has 2 aromatic rings. The van der Waals surface area contributed by atoms with Crippen LogP contribution in [0.2, 0.25) is 0 Å². The summed E-state index contributed by atoms with van der Waals surface area (Å²) in [4.78, 5) is 13.2. The Hall–Kier alpha value is -2.92. The molecule has 44 heavy (non-hydrogen) atoms. The minimum absolute atomic E-state index is 0.121. The van der Waals surface area contributed by atoms with E-state index >= 15 is 0 Å². The number of fused-ring (bicyclic) bond motifs is 3. The molecule has 1 unspecified atom stereocenters. The highest BCUT2D eigenvalue weighted by Crippen LogP contribution is 2.37. The summed E-state index contributed by atoms with van der Waals surface area (Å²) in [5, 5.41) is 14.5. The van der Waals surface area contributed by atoms with Crippen LogP contribution in [-0.2, 0) is 25.9 Å². The Balaban J connectivity index is 1.32. The van der Waals surface area contributed by atoms with Crippen molar-refractivity contribution in [2.24, 2.45) is 5.92 Å². The molecule has 2 fully saturated rings. The van der Waals surface area contributed by atoms with Gasteiger partial charge < -0.3 is 24.6 Å². The molecule has 2 aromatic carbocycles. The molecule has 10 heteroatoms. The van der Waals surface area contributed by atoms with E-state index in [4.69, 9.17) is 14.2 Å². The zero-order valence-corrected chi connectivity index (χ0v) is 26.2. The molecule has 5 atom stereocenters. The Labute approximate surface area is 261 Å². The lowest BCUT2D eigenvalue weighted by atomic mass is 10.0. The number of amides is 1. The minimum Gasteiger partial charge on any atom is -0.494 e. The van der Waals surface area contributed by atoms with Crippen LogP contribution < -0.4 is 10.1 Å². The van der Waals surface area contributed by atoms with Crippen molar-refractivity contribution in [1.29, 1.82) is 0 Å². The molecule has 0 aromatic heterocycles. The number of hydrogen-bond acceptors (Lipinski definition) is 7. The first-order valence-corrected chi connectivity index (χ1v) is 17.5. The summed E-state index contributed by atoms with van der Waals surface area (Å²) in [5.74, 6) is 0.918. The third-order valence-corrected chi connectivity index (χ3v) is 10.7. The summed E-state index contributed by atoms with van der Waals surface area (Å²) in [6, 6.07) is 15.3. The molecule has 2 N–H and O–H groups in total. The predicted molar refractivity (Wildman–Crippen MR) is 168 cm³/mol. The van der Waals surface area contributed by atoms with Crippen molar-refractivity contribution in [1.82, 2.24) is 9.62 Å². The second-order valence-electron chi connectivity index (χ2n) is 12.1. The van der Waals surface area contributed by atoms with Crippen LogP contribution in [0.4, 0.5) is 4.79 Å². The first-order valence-electron chi connectivity index (χ1n) is 16.1. The van der Waals surface area contributed by atoms with Gasteiger partial charge in [0, 0.05) is 32.2 Å². The van der Waals surface area contributed by atoms with E-state index in [2.05, 4.69) is 17.5 Å². The first kappa shape index (κ1) is 32.5. The highest BCUT2D eigenvalue weighted by Gasteiger charge is 2.40. The number of sulfonamides is 1. The molecule has 2 aliphatic heterocycles. The van der Waals surface area contributed by atoms with Gasteiger partial charge in [-0.2, -0.15) is 4.31 Å². The number of carbonyl (C=O) groups is 1. The second-order valence-corrected chi connectivity index (χ2v) is 14.1. The van der Waals surface area contributed by atoms with Crippen LogP contribution in [0.3, 0.4) is 0 Å². The number of ether oxygens (including phenoxy) is 3. The third-order valence-electron chi connectivity index (χ3n) is 8.81. The molecule has 1 saturated carbocycles. The predicted octanol–water partition coefficient (Wildman–Crippen LogP) is 5.23. The molecule has 3 aliphatic rings. The van der Waals surface area contributed by atoms with Gasteiger partial charge >= 0.3 is 6.09 Å².